The van der Waals surface area contributed by atoms with Gasteiger partial charge in [-0.15, -0.1) is 0 Å². The number of carbonyl (C=O) groups excluding carboxylic acids is 1. The number of benzene rings is 1. The zero-order valence-corrected chi connectivity index (χ0v) is 14.4. The van der Waals surface area contributed by atoms with Crippen LogP contribution in [0, 0.1) is 6.92 Å². The third kappa shape index (κ3) is 4.06. The van der Waals surface area contributed by atoms with Gasteiger partial charge in [-0.3, -0.25) is 10.0 Å². The van der Waals surface area contributed by atoms with Crippen LogP contribution in [-0.4, -0.2) is 33.7 Å². The lowest BCUT2D eigenvalue weighted by Gasteiger charge is -2.26. The van der Waals surface area contributed by atoms with Crippen molar-refractivity contribution in [3.05, 3.63) is 46.6 Å². The molecule has 7 heteroatoms. The number of anilines is 1. The van der Waals surface area contributed by atoms with E-state index >= 15 is 0 Å². The third-order valence-corrected chi connectivity index (χ3v) is 4.25. The minimum absolute atomic E-state index is 0.177. The molecule has 0 fully saturated rings. The number of fused-ring (bicyclic) bond motifs is 1. The van der Waals surface area contributed by atoms with Crippen LogP contribution in [0.25, 0.3) is 0 Å². The van der Waals surface area contributed by atoms with Crippen LogP contribution >= 0.6 is 0 Å². The van der Waals surface area contributed by atoms with Crippen molar-refractivity contribution in [2.24, 2.45) is 0 Å². The van der Waals surface area contributed by atoms with Gasteiger partial charge in [-0.2, -0.15) is 4.98 Å². The van der Waals surface area contributed by atoms with Crippen LogP contribution in [-0.2, 0) is 12.8 Å². The predicted octanol–water partition coefficient (Wildman–Crippen LogP) is 2.27. The number of hydrogen-bond donors (Lipinski definition) is 3. The van der Waals surface area contributed by atoms with Crippen LogP contribution in [0.4, 0.5) is 5.95 Å². The van der Waals surface area contributed by atoms with E-state index in [0.29, 0.717) is 24.0 Å². The number of nitrogens with zero attached hydrogens (tertiary/aromatic N) is 2. The van der Waals surface area contributed by atoms with Crippen LogP contribution in [0.2, 0.25) is 0 Å². The average molecular weight is 342 g/mol. The lowest BCUT2D eigenvalue weighted by Crippen LogP contribution is -2.29. The average Bonchev–Trinajstić information content (AvgIpc) is 2.60. The molecule has 1 aromatic heterocycles. The standard InChI is InChI=1S/C18H22N4O3/c1-3-25-16-8-11(2)19-18(21-16)20-15-7-6-12-4-5-13(17(23)22-24)9-14(12)10-15/h4-5,8-9,15,24H,3,6-7,10H2,1-2H3,(H,22,23)(H,19,20,21). The van der Waals surface area contributed by atoms with Crippen LogP contribution in [0.3, 0.4) is 0 Å². The maximum Gasteiger partial charge on any atom is 0.274 e. The van der Waals surface area contributed by atoms with Gasteiger partial charge in [-0.1, -0.05) is 6.07 Å². The molecule has 0 bridgehead atoms. The van der Waals surface area contributed by atoms with Gasteiger partial charge in [-0.05, 0) is 56.4 Å². The highest BCUT2D eigenvalue weighted by atomic mass is 16.5. The van der Waals surface area contributed by atoms with Crippen molar-refractivity contribution in [1.82, 2.24) is 15.4 Å². The highest BCUT2D eigenvalue weighted by molar-refractivity contribution is 5.93. The zero-order chi connectivity index (χ0) is 17.8. The van der Waals surface area contributed by atoms with E-state index in [0.717, 1.165) is 30.5 Å². The maximum atomic E-state index is 11.6. The van der Waals surface area contributed by atoms with Crippen molar-refractivity contribution in [3.8, 4) is 5.88 Å². The van der Waals surface area contributed by atoms with Gasteiger partial charge in [0.2, 0.25) is 11.8 Å². The Kier molecular flexibility index (Phi) is 5.14. The van der Waals surface area contributed by atoms with E-state index in [1.54, 1.807) is 11.5 Å². The van der Waals surface area contributed by atoms with Crippen LogP contribution < -0.4 is 15.5 Å². The largest absolute Gasteiger partial charge is 0.478 e. The van der Waals surface area contributed by atoms with Crippen molar-refractivity contribution in [1.29, 1.82) is 0 Å². The van der Waals surface area contributed by atoms with Crippen LogP contribution in [0.5, 0.6) is 5.88 Å². The summed E-state index contributed by atoms with van der Waals surface area (Å²) < 4.78 is 5.47. The number of hydrogen-bond acceptors (Lipinski definition) is 6. The number of aryl methyl sites for hydroxylation is 2. The minimum Gasteiger partial charge on any atom is -0.478 e. The van der Waals surface area contributed by atoms with Gasteiger partial charge >= 0.3 is 0 Å². The first-order chi connectivity index (χ1) is 12.1. The second kappa shape index (κ2) is 7.48. The molecule has 0 saturated carbocycles. The number of carbonyl (C=O) groups is 1. The summed E-state index contributed by atoms with van der Waals surface area (Å²) in [5, 5.41) is 12.2. The van der Waals surface area contributed by atoms with Gasteiger partial charge in [0.25, 0.3) is 5.91 Å². The first-order valence-corrected chi connectivity index (χ1v) is 8.40. The van der Waals surface area contributed by atoms with Crippen molar-refractivity contribution in [2.45, 2.75) is 39.2 Å². The van der Waals surface area contributed by atoms with E-state index in [9.17, 15) is 4.79 Å². The number of ether oxygens (including phenoxy) is 1. The number of amides is 1. The Bertz CT molecular complexity index is 779. The Balaban J connectivity index is 1.75. The van der Waals surface area contributed by atoms with E-state index in [1.165, 1.54) is 5.56 Å². The molecule has 1 heterocycles. The first-order valence-electron chi connectivity index (χ1n) is 8.40. The smallest absolute Gasteiger partial charge is 0.274 e. The predicted molar refractivity (Wildman–Crippen MR) is 93.1 cm³/mol. The van der Waals surface area contributed by atoms with Gasteiger partial charge in [-0.25, -0.2) is 10.5 Å². The van der Waals surface area contributed by atoms with E-state index in [1.807, 2.05) is 32.0 Å². The summed E-state index contributed by atoms with van der Waals surface area (Å²) in [6, 6.07) is 7.50. The monoisotopic (exact) mass is 342 g/mol. The maximum absolute atomic E-state index is 11.6. The molecule has 25 heavy (non-hydrogen) atoms. The molecule has 2 aromatic rings. The molecule has 1 aliphatic rings. The molecular weight excluding hydrogens is 320 g/mol. The Hall–Kier alpha value is -2.67. The van der Waals surface area contributed by atoms with Crippen LogP contribution in [0.1, 0.15) is 40.5 Å². The molecule has 1 aromatic carbocycles. The Labute approximate surface area is 146 Å². The van der Waals surface area contributed by atoms with Crippen molar-refractivity contribution < 1.29 is 14.7 Å². The lowest BCUT2D eigenvalue weighted by atomic mass is 9.87. The molecular formula is C18H22N4O3. The molecule has 0 radical (unpaired) electrons. The molecule has 1 aliphatic carbocycles. The van der Waals surface area contributed by atoms with Gasteiger partial charge in [0.05, 0.1) is 6.61 Å². The number of rotatable bonds is 5. The Morgan fingerprint density at radius 1 is 1.32 bits per heavy atom. The fourth-order valence-corrected chi connectivity index (χ4v) is 3.09. The minimum atomic E-state index is -0.499. The Morgan fingerprint density at radius 2 is 2.16 bits per heavy atom. The summed E-state index contributed by atoms with van der Waals surface area (Å²) in [4.78, 5) is 20.4. The summed E-state index contributed by atoms with van der Waals surface area (Å²) in [6.07, 6.45) is 2.64. The molecule has 1 atom stereocenters. The summed E-state index contributed by atoms with van der Waals surface area (Å²) in [6.45, 7) is 4.39. The first kappa shape index (κ1) is 17.2. The topological polar surface area (TPSA) is 96.4 Å². The Morgan fingerprint density at radius 3 is 2.92 bits per heavy atom. The number of nitrogens with one attached hydrogen (secondary N) is 2. The fraction of sp³-hybridized carbons (Fsp3) is 0.389. The molecule has 1 amide bonds. The van der Waals surface area contributed by atoms with Crippen molar-refractivity contribution in [3.63, 3.8) is 0 Å². The lowest BCUT2D eigenvalue weighted by molar-refractivity contribution is 0.0706. The molecule has 1 unspecified atom stereocenters. The number of aromatic nitrogens is 2. The zero-order valence-electron chi connectivity index (χ0n) is 14.4. The SMILES string of the molecule is CCOc1cc(C)nc(NC2CCc3ccc(C(=O)NO)cc3C2)n1. The third-order valence-electron chi connectivity index (χ3n) is 4.25. The second-order valence-corrected chi connectivity index (χ2v) is 6.11. The highest BCUT2D eigenvalue weighted by Crippen LogP contribution is 2.25. The molecule has 132 valence electrons. The van der Waals surface area contributed by atoms with Gasteiger partial charge in [0, 0.05) is 23.4 Å². The second-order valence-electron chi connectivity index (χ2n) is 6.11. The van der Waals surface area contributed by atoms with Gasteiger partial charge in [0.15, 0.2) is 0 Å². The highest BCUT2D eigenvalue weighted by Gasteiger charge is 2.21. The van der Waals surface area contributed by atoms with E-state index in [-0.39, 0.29) is 6.04 Å². The summed E-state index contributed by atoms with van der Waals surface area (Å²) in [7, 11) is 0. The van der Waals surface area contributed by atoms with Crippen molar-refractivity contribution in [2.75, 3.05) is 11.9 Å². The summed E-state index contributed by atoms with van der Waals surface area (Å²) in [5.41, 5.74) is 5.30. The summed E-state index contributed by atoms with van der Waals surface area (Å²) in [5.74, 6) is 0.623. The molecule has 0 saturated heterocycles. The van der Waals surface area contributed by atoms with E-state index in [2.05, 4.69) is 15.3 Å². The molecule has 0 aliphatic heterocycles. The quantitative estimate of drug-likeness (QED) is 0.570. The van der Waals surface area contributed by atoms with E-state index in [4.69, 9.17) is 9.94 Å². The molecule has 0 spiro atoms. The van der Waals surface area contributed by atoms with Gasteiger partial charge in [0.1, 0.15) is 0 Å². The van der Waals surface area contributed by atoms with Crippen molar-refractivity contribution >= 4 is 11.9 Å². The molecule has 3 N–H and O–H groups in total. The van der Waals surface area contributed by atoms with E-state index < -0.39 is 5.91 Å². The fourth-order valence-electron chi connectivity index (χ4n) is 3.09. The normalized spacial score (nSPS) is 16.0. The molecule has 7 nitrogen and oxygen atoms in total. The number of hydroxylamine groups is 1. The van der Waals surface area contributed by atoms with Crippen LogP contribution in [0.15, 0.2) is 24.3 Å². The van der Waals surface area contributed by atoms with Gasteiger partial charge < -0.3 is 10.1 Å². The molecule has 3 rings (SSSR count). The summed E-state index contributed by atoms with van der Waals surface area (Å²) >= 11 is 0.